The number of carbonyl (C=O) groups excluding carboxylic acids is 1. The summed E-state index contributed by atoms with van der Waals surface area (Å²) in [6.45, 7) is 3.42. The third-order valence-corrected chi connectivity index (χ3v) is 2.68. The van der Waals surface area contributed by atoms with Gasteiger partial charge in [-0.05, 0) is 26.0 Å². The molecule has 0 aliphatic heterocycles. The van der Waals surface area contributed by atoms with Gasteiger partial charge in [-0.25, -0.2) is 0 Å². The summed E-state index contributed by atoms with van der Waals surface area (Å²) >= 11 is 0. The number of nitrogens with one attached hydrogen (secondary N) is 2. The highest BCUT2D eigenvalue weighted by Gasteiger charge is 2.32. The van der Waals surface area contributed by atoms with Crippen LogP contribution in [0.5, 0.6) is 0 Å². The molecule has 2 heterocycles. The molecule has 5 nitrogen and oxygen atoms in total. The number of aryl methyl sites for hydroxylation is 2. The molecule has 0 saturated carbocycles. The zero-order chi connectivity index (χ0) is 14.9. The number of alkyl halides is 3. The fourth-order valence-corrected chi connectivity index (χ4v) is 1.62. The van der Waals surface area contributed by atoms with Crippen LogP contribution in [0.15, 0.2) is 18.3 Å². The molecule has 0 fully saturated rings. The number of rotatable bonds is 2. The van der Waals surface area contributed by atoms with E-state index in [0.29, 0.717) is 17.1 Å². The van der Waals surface area contributed by atoms with E-state index in [4.69, 9.17) is 0 Å². The Morgan fingerprint density at radius 1 is 1.30 bits per heavy atom. The molecule has 0 spiro atoms. The first-order chi connectivity index (χ1) is 9.29. The van der Waals surface area contributed by atoms with E-state index >= 15 is 0 Å². The Bertz CT molecular complexity index is 612. The van der Waals surface area contributed by atoms with Crippen LogP contribution >= 0.6 is 0 Å². The Kier molecular flexibility index (Phi) is 3.47. The standard InChI is InChI=1S/C12H11F3N4O/c1-6-10(7(2)19-18-6)17-11(20)8-3-4-9(16-5-8)12(13,14)15/h3-5H,1-2H3,(H,17,20)(H,18,19). The lowest BCUT2D eigenvalue weighted by atomic mass is 10.2. The number of aromatic amines is 1. The molecular weight excluding hydrogens is 273 g/mol. The minimum Gasteiger partial charge on any atom is -0.319 e. The smallest absolute Gasteiger partial charge is 0.319 e. The Morgan fingerprint density at radius 2 is 2.00 bits per heavy atom. The molecule has 106 valence electrons. The van der Waals surface area contributed by atoms with Crippen molar-refractivity contribution in [3.05, 3.63) is 41.0 Å². The number of amides is 1. The number of aromatic nitrogens is 3. The average molecular weight is 284 g/mol. The normalized spacial score (nSPS) is 11.4. The highest BCUT2D eigenvalue weighted by molar-refractivity contribution is 6.04. The van der Waals surface area contributed by atoms with Gasteiger partial charge >= 0.3 is 6.18 Å². The van der Waals surface area contributed by atoms with Gasteiger partial charge in [-0.15, -0.1) is 0 Å². The van der Waals surface area contributed by atoms with Crippen molar-refractivity contribution in [1.29, 1.82) is 0 Å². The molecule has 0 unspecified atom stereocenters. The van der Waals surface area contributed by atoms with E-state index < -0.39 is 17.8 Å². The van der Waals surface area contributed by atoms with Crippen molar-refractivity contribution in [2.24, 2.45) is 0 Å². The number of halogens is 3. The maximum Gasteiger partial charge on any atom is 0.433 e. The van der Waals surface area contributed by atoms with Crippen molar-refractivity contribution in [3.63, 3.8) is 0 Å². The predicted molar refractivity (Wildman–Crippen MR) is 65.3 cm³/mol. The lowest BCUT2D eigenvalue weighted by Gasteiger charge is -2.07. The molecule has 0 aliphatic carbocycles. The fourth-order valence-electron chi connectivity index (χ4n) is 1.62. The minimum atomic E-state index is -4.52. The molecule has 0 aliphatic rings. The summed E-state index contributed by atoms with van der Waals surface area (Å²) in [5.74, 6) is -0.543. The second-order valence-corrected chi connectivity index (χ2v) is 4.19. The molecule has 0 saturated heterocycles. The number of H-pyrrole nitrogens is 1. The van der Waals surface area contributed by atoms with Gasteiger partial charge in [-0.2, -0.15) is 18.3 Å². The molecule has 1 amide bonds. The monoisotopic (exact) mass is 284 g/mol. The van der Waals surface area contributed by atoms with E-state index in [2.05, 4.69) is 20.5 Å². The first-order valence-corrected chi connectivity index (χ1v) is 5.65. The van der Waals surface area contributed by atoms with Crippen LogP contribution in [0, 0.1) is 13.8 Å². The summed E-state index contributed by atoms with van der Waals surface area (Å²) in [5.41, 5.74) is 0.768. The third kappa shape index (κ3) is 2.79. The first kappa shape index (κ1) is 14.0. The Hall–Kier alpha value is -2.38. The number of hydrogen-bond acceptors (Lipinski definition) is 3. The molecule has 2 aromatic rings. The first-order valence-electron chi connectivity index (χ1n) is 5.65. The van der Waals surface area contributed by atoms with Gasteiger partial charge in [0.05, 0.1) is 22.6 Å². The van der Waals surface area contributed by atoms with Crippen molar-refractivity contribution in [2.75, 3.05) is 5.32 Å². The van der Waals surface area contributed by atoms with Gasteiger partial charge in [0, 0.05) is 6.20 Å². The van der Waals surface area contributed by atoms with Gasteiger partial charge < -0.3 is 5.32 Å². The number of hydrogen-bond donors (Lipinski definition) is 2. The highest BCUT2D eigenvalue weighted by atomic mass is 19.4. The second kappa shape index (κ2) is 4.95. The Morgan fingerprint density at radius 3 is 2.45 bits per heavy atom. The van der Waals surface area contributed by atoms with E-state index in [9.17, 15) is 18.0 Å². The average Bonchev–Trinajstić information content (AvgIpc) is 2.69. The number of nitrogens with zero attached hydrogens (tertiary/aromatic N) is 2. The van der Waals surface area contributed by atoms with Gasteiger partial charge in [-0.3, -0.25) is 14.9 Å². The molecule has 8 heteroatoms. The quantitative estimate of drug-likeness (QED) is 0.890. The Labute approximate surface area is 112 Å². The predicted octanol–water partition coefficient (Wildman–Crippen LogP) is 2.69. The molecule has 2 aromatic heterocycles. The summed E-state index contributed by atoms with van der Waals surface area (Å²) in [5, 5.41) is 9.18. The van der Waals surface area contributed by atoms with Crippen LogP contribution in [0.3, 0.4) is 0 Å². The van der Waals surface area contributed by atoms with Crippen molar-refractivity contribution in [1.82, 2.24) is 15.2 Å². The van der Waals surface area contributed by atoms with E-state index in [1.54, 1.807) is 13.8 Å². The van der Waals surface area contributed by atoms with Gasteiger partial charge in [0.25, 0.3) is 5.91 Å². The molecule has 2 rings (SSSR count). The van der Waals surface area contributed by atoms with Crippen LogP contribution in [-0.4, -0.2) is 21.1 Å². The fraction of sp³-hybridized carbons (Fsp3) is 0.250. The van der Waals surface area contributed by atoms with Crippen molar-refractivity contribution >= 4 is 11.6 Å². The van der Waals surface area contributed by atoms with E-state index in [-0.39, 0.29) is 5.56 Å². The van der Waals surface area contributed by atoms with E-state index in [1.165, 1.54) is 0 Å². The lowest BCUT2D eigenvalue weighted by molar-refractivity contribution is -0.141. The van der Waals surface area contributed by atoms with Crippen molar-refractivity contribution in [2.45, 2.75) is 20.0 Å². The van der Waals surface area contributed by atoms with E-state index in [1.807, 2.05) is 0 Å². The number of carbonyl (C=O) groups is 1. The zero-order valence-electron chi connectivity index (χ0n) is 10.7. The van der Waals surface area contributed by atoms with Gasteiger partial charge in [0.2, 0.25) is 0 Å². The summed E-state index contributed by atoms with van der Waals surface area (Å²) < 4.78 is 37.1. The van der Waals surface area contributed by atoms with Crippen LogP contribution in [-0.2, 0) is 6.18 Å². The molecule has 0 atom stereocenters. The molecule has 0 aromatic carbocycles. The molecule has 0 radical (unpaired) electrons. The number of pyridine rings is 1. The van der Waals surface area contributed by atoms with Crippen LogP contribution in [0.2, 0.25) is 0 Å². The zero-order valence-corrected chi connectivity index (χ0v) is 10.7. The van der Waals surface area contributed by atoms with Gasteiger partial charge in [0.15, 0.2) is 0 Å². The maximum absolute atomic E-state index is 12.4. The van der Waals surface area contributed by atoms with Crippen molar-refractivity contribution < 1.29 is 18.0 Å². The van der Waals surface area contributed by atoms with Crippen LogP contribution in [0.1, 0.15) is 27.4 Å². The minimum absolute atomic E-state index is 0.0398. The van der Waals surface area contributed by atoms with Crippen LogP contribution < -0.4 is 5.32 Å². The number of anilines is 1. The second-order valence-electron chi connectivity index (χ2n) is 4.19. The Balaban J connectivity index is 2.18. The highest BCUT2D eigenvalue weighted by Crippen LogP contribution is 2.27. The maximum atomic E-state index is 12.4. The van der Waals surface area contributed by atoms with Crippen molar-refractivity contribution in [3.8, 4) is 0 Å². The van der Waals surface area contributed by atoms with Crippen LogP contribution in [0.25, 0.3) is 0 Å². The molecule has 20 heavy (non-hydrogen) atoms. The topological polar surface area (TPSA) is 70.7 Å². The third-order valence-electron chi connectivity index (χ3n) is 2.68. The summed E-state index contributed by atoms with van der Waals surface area (Å²) in [7, 11) is 0. The molecule has 0 bridgehead atoms. The molecular formula is C12H11F3N4O. The van der Waals surface area contributed by atoms with Crippen LogP contribution in [0.4, 0.5) is 18.9 Å². The summed E-state index contributed by atoms with van der Waals surface area (Å²) in [4.78, 5) is 15.1. The summed E-state index contributed by atoms with van der Waals surface area (Å²) in [6, 6.07) is 1.85. The SMILES string of the molecule is Cc1n[nH]c(C)c1NC(=O)c1ccc(C(F)(F)F)nc1. The summed E-state index contributed by atoms with van der Waals surface area (Å²) in [6.07, 6.45) is -3.63. The molecule has 2 N–H and O–H groups in total. The lowest BCUT2D eigenvalue weighted by Crippen LogP contribution is -2.15. The largest absolute Gasteiger partial charge is 0.433 e. The van der Waals surface area contributed by atoms with E-state index in [0.717, 1.165) is 18.3 Å². The van der Waals surface area contributed by atoms with Gasteiger partial charge in [0.1, 0.15) is 5.69 Å². The van der Waals surface area contributed by atoms with Gasteiger partial charge in [-0.1, -0.05) is 0 Å².